The van der Waals surface area contributed by atoms with Gasteiger partial charge in [0, 0.05) is 39.1 Å². The fraction of sp³-hybridized carbons (Fsp3) is 0.381. The molecule has 3 heterocycles. The summed E-state index contributed by atoms with van der Waals surface area (Å²) in [6.45, 7) is 6.24. The number of oxazole rings is 1. The number of hydrogen-bond acceptors (Lipinski definition) is 5. The first-order valence-corrected chi connectivity index (χ1v) is 9.54. The first-order chi connectivity index (χ1) is 13.3. The molecule has 0 unspecified atom stereocenters. The van der Waals surface area contributed by atoms with Crippen molar-refractivity contribution in [2.75, 3.05) is 32.8 Å². The summed E-state index contributed by atoms with van der Waals surface area (Å²) < 4.78 is 12.7. The van der Waals surface area contributed by atoms with Gasteiger partial charge in [0.15, 0.2) is 5.58 Å². The van der Waals surface area contributed by atoms with Gasteiger partial charge in [-0.25, -0.2) is 4.79 Å². The lowest BCUT2D eigenvalue weighted by atomic mass is 10.1. The molecule has 1 fully saturated rings. The van der Waals surface area contributed by atoms with Crippen LogP contribution < -0.4 is 10.5 Å². The van der Waals surface area contributed by atoms with Gasteiger partial charge in [-0.05, 0) is 29.3 Å². The van der Waals surface area contributed by atoms with Gasteiger partial charge in [0.2, 0.25) is 0 Å². The number of fused-ring (bicyclic) bond motifs is 2. The third kappa shape index (κ3) is 3.26. The van der Waals surface area contributed by atoms with E-state index in [4.69, 9.17) is 9.15 Å². The maximum atomic E-state index is 12.2. The van der Waals surface area contributed by atoms with Gasteiger partial charge < -0.3 is 9.15 Å². The van der Waals surface area contributed by atoms with Gasteiger partial charge >= 0.3 is 5.76 Å². The topological polar surface area (TPSA) is 50.9 Å². The van der Waals surface area contributed by atoms with E-state index in [2.05, 4.69) is 28.0 Å². The molecular weight excluding hydrogens is 342 g/mol. The maximum absolute atomic E-state index is 12.2. The molecule has 1 saturated heterocycles. The normalized spacial score (nSPS) is 17.9. The van der Waals surface area contributed by atoms with Gasteiger partial charge in [0.25, 0.3) is 0 Å². The van der Waals surface area contributed by atoms with Crippen LogP contribution in [0.25, 0.3) is 11.1 Å². The number of benzene rings is 2. The van der Waals surface area contributed by atoms with E-state index in [1.807, 2.05) is 24.3 Å². The molecule has 0 N–H and O–H groups in total. The molecule has 1 aromatic heterocycles. The number of para-hydroxylation sites is 2. The summed E-state index contributed by atoms with van der Waals surface area (Å²) in [4.78, 5) is 17.0. The van der Waals surface area contributed by atoms with Crippen molar-refractivity contribution >= 4 is 11.1 Å². The molecule has 2 aliphatic rings. The molecule has 2 aliphatic heterocycles. The minimum atomic E-state index is -0.279. The Morgan fingerprint density at radius 2 is 1.78 bits per heavy atom. The molecule has 6 nitrogen and oxygen atoms in total. The molecule has 2 aromatic carbocycles. The van der Waals surface area contributed by atoms with Gasteiger partial charge in [-0.3, -0.25) is 14.4 Å². The van der Waals surface area contributed by atoms with Crippen molar-refractivity contribution in [1.29, 1.82) is 0 Å². The van der Waals surface area contributed by atoms with E-state index < -0.39 is 0 Å². The average Bonchev–Trinajstić information content (AvgIpc) is 3.27. The van der Waals surface area contributed by atoms with Crippen LogP contribution in [0.4, 0.5) is 0 Å². The second kappa shape index (κ2) is 6.87. The monoisotopic (exact) mass is 365 g/mol. The standard InChI is InChI=1S/C21H23N3O3/c25-21-24(18-3-1-2-4-20(18)27-21)15-23-10-8-22(9-11-23)14-16-5-6-19-17(13-16)7-12-26-19/h1-6,13H,7-12,14-15H2. The summed E-state index contributed by atoms with van der Waals surface area (Å²) in [6.07, 6.45) is 1.02. The average molecular weight is 365 g/mol. The summed E-state index contributed by atoms with van der Waals surface area (Å²) >= 11 is 0. The number of nitrogens with zero attached hydrogens (tertiary/aromatic N) is 3. The highest BCUT2D eigenvalue weighted by atomic mass is 16.5. The van der Waals surface area contributed by atoms with Gasteiger partial charge in [0.05, 0.1) is 18.8 Å². The van der Waals surface area contributed by atoms with Crippen molar-refractivity contribution in [3.05, 3.63) is 64.1 Å². The molecule has 0 aliphatic carbocycles. The zero-order chi connectivity index (χ0) is 18.2. The zero-order valence-electron chi connectivity index (χ0n) is 15.3. The van der Waals surface area contributed by atoms with Crippen LogP contribution in [0.1, 0.15) is 11.1 Å². The maximum Gasteiger partial charge on any atom is 0.421 e. The molecule has 0 amide bonds. The second-order valence-electron chi connectivity index (χ2n) is 7.34. The minimum absolute atomic E-state index is 0.279. The van der Waals surface area contributed by atoms with E-state index in [1.54, 1.807) is 4.57 Å². The van der Waals surface area contributed by atoms with Crippen molar-refractivity contribution in [1.82, 2.24) is 14.4 Å². The van der Waals surface area contributed by atoms with Gasteiger partial charge in [-0.2, -0.15) is 0 Å². The lowest BCUT2D eigenvalue weighted by Gasteiger charge is -2.34. The van der Waals surface area contributed by atoms with Crippen LogP contribution in [0.2, 0.25) is 0 Å². The SMILES string of the molecule is O=c1oc2ccccc2n1CN1CCN(Cc2ccc3c(c2)CCO3)CC1. The van der Waals surface area contributed by atoms with Crippen LogP contribution in [0, 0.1) is 0 Å². The Kier molecular flexibility index (Phi) is 4.22. The highest BCUT2D eigenvalue weighted by Crippen LogP contribution is 2.26. The molecule has 27 heavy (non-hydrogen) atoms. The van der Waals surface area contributed by atoms with E-state index in [-0.39, 0.29) is 5.76 Å². The predicted octanol–water partition coefficient (Wildman–Crippen LogP) is 2.30. The van der Waals surface area contributed by atoms with E-state index in [0.29, 0.717) is 12.3 Å². The Labute approximate surface area is 157 Å². The Hall–Kier alpha value is -2.57. The van der Waals surface area contributed by atoms with Crippen molar-refractivity contribution in [3.63, 3.8) is 0 Å². The number of ether oxygens (including phenoxy) is 1. The van der Waals surface area contributed by atoms with Crippen molar-refractivity contribution in [3.8, 4) is 5.75 Å². The Morgan fingerprint density at radius 1 is 0.963 bits per heavy atom. The van der Waals surface area contributed by atoms with E-state index in [0.717, 1.165) is 57.0 Å². The van der Waals surface area contributed by atoms with Crippen LogP contribution in [-0.4, -0.2) is 47.2 Å². The molecule has 0 saturated carbocycles. The molecule has 5 rings (SSSR count). The van der Waals surface area contributed by atoms with Crippen LogP contribution in [-0.2, 0) is 19.6 Å². The highest BCUT2D eigenvalue weighted by Gasteiger charge is 2.20. The molecule has 0 spiro atoms. The summed E-state index contributed by atoms with van der Waals surface area (Å²) in [5, 5.41) is 0. The summed E-state index contributed by atoms with van der Waals surface area (Å²) in [5.74, 6) is 0.764. The Balaban J connectivity index is 1.21. The van der Waals surface area contributed by atoms with Gasteiger partial charge in [0.1, 0.15) is 5.75 Å². The van der Waals surface area contributed by atoms with E-state index >= 15 is 0 Å². The fourth-order valence-electron chi connectivity index (χ4n) is 4.03. The third-order valence-electron chi connectivity index (χ3n) is 5.54. The highest BCUT2D eigenvalue weighted by molar-refractivity contribution is 5.72. The molecule has 0 radical (unpaired) electrons. The number of rotatable bonds is 4. The quantitative estimate of drug-likeness (QED) is 0.710. The zero-order valence-corrected chi connectivity index (χ0v) is 15.3. The second-order valence-corrected chi connectivity index (χ2v) is 7.34. The molecule has 140 valence electrons. The third-order valence-corrected chi connectivity index (χ3v) is 5.54. The van der Waals surface area contributed by atoms with Crippen LogP contribution in [0.5, 0.6) is 5.75 Å². The largest absolute Gasteiger partial charge is 0.493 e. The smallest absolute Gasteiger partial charge is 0.421 e. The van der Waals surface area contributed by atoms with Crippen LogP contribution in [0.15, 0.2) is 51.7 Å². The Morgan fingerprint density at radius 3 is 2.67 bits per heavy atom. The molecule has 6 heteroatoms. The number of piperazine rings is 1. The first-order valence-electron chi connectivity index (χ1n) is 9.54. The lowest BCUT2D eigenvalue weighted by Crippen LogP contribution is -2.47. The van der Waals surface area contributed by atoms with Gasteiger partial charge in [-0.1, -0.05) is 24.3 Å². The first kappa shape index (κ1) is 16.6. The fourth-order valence-corrected chi connectivity index (χ4v) is 4.03. The Bertz CT molecular complexity index is 1010. The van der Waals surface area contributed by atoms with Crippen molar-refractivity contribution < 1.29 is 9.15 Å². The summed E-state index contributed by atoms with van der Waals surface area (Å²) in [6, 6.07) is 14.2. The predicted molar refractivity (Wildman–Crippen MR) is 103 cm³/mol. The van der Waals surface area contributed by atoms with Crippen molar-refractivity contribution in [2.45, 2.75) is 19.6 Å². The molecule has 3 aromatic rings. The summed E-state index contributed by atoms with van der Waals surface area (Å²) in [5.41, 5.74) is 4.20. The number of hydrogen-bond donors (Lipinski definition) is 0. The minimum Gasteiger partial charge on any atom is -0.493 e. The number of aromatic nitrogens is 1. The molecular formula is C21H23N3O3. The molecule has 0 bridgehead atoms. The summed E-state index contributed by atoms with van der Waals surface area (Å²) in [7, 11) is 0. The van der Waals surface area contributed by atoms with E-state index in [9.17, 15) is 4.79 Å². The van der Waals surface area contributed by atoms with E-state index in [1.165, 1.54) is 11.1 Å². The van der Waals surface area contributed by atoms with Crippen molar-refractivity contribution in [2.24, 2.45) is 0 Å². The van der Waals surface area contributed by atoms with Gasteiger partial charge in [-0.15, -0.1) is 0 Å². The van der Waals surface area contributed by atoms with Crippen LogP contribution in [0.3, 0.4) is 0 Å². The lowest BCUT2D eigenvalue weighted by molar-refractivity contribution is 0.102. The molecule has 0 atom stereocenters. The van der Waals surface area contributed by atoms with Crippen LogP contribution >= 0.6 is 0 Å².